The van der Waals surface area contributed by atoms with E-state index in [9.17, 15) is 0 Å². The van der Waals surface area contributed by atoms with E-state index in [4.69, 9.17) is 5.73 Å². The predicted octanol–water partition coefficient (Wildman–Crippen LogP) is 2.38. The molecule has 0 bridgehead atoms. The predicted molar refractivity (Wildman–Crippen MR) is 62.4 cm³/mol. The van der Waals surface area contributed by atoms with Crippen LogP contribution in [0, 0.1) is 0 Å². The third-order valence-corrected chi connectivity index (χ3v) is 3.57. The first-order valence-corrected chi connectivity index (χ1v) is 6.25. The van der Waals surface area contributed by atoms with Crippen molar-refractivity contribution in [2.45, 2.75) is 64.5 Å². The molecule has 2 nitrogen and oxygen atoms in total. The van der Waals surface area contributed by atoms with Crippen molar-refractivity contribution in [2.75, 3.05) is 13.1 Å². The van der Waals surface area contributed by atoms with Gasteiger partial charge in [-0.05, 0) is 45.7 Å². The van der Waals surface area contributed by atoms with Gasteiger partial charge in [-0.2, -0.15) is 0 Å². The zero-order valence-corrected chi connectivity index (χ0v) is 9.84. The van der Waals surface area contributed by atoms with Crippen LogP contribution in [0.3, 0.4) is 0 Å². The molecule has 1 unspecified atom stereocenters. The number of hydrogen-bond acceptors (Lipinski definition) is 2. The van der Waals surface area contributed by atoms with Crippen LogP contribution < -0.4 is 5.73 Å². The van der Waals surface area contributed by atoms with Crippen molar-refractivity contribution < 1.29 is 0 Å². The summed E-state index contributed by atoms with van der Waals surface area (Å²) in [4.78, 5) is 2.69. The Morgan fingerprint density at radius 1 is 1.36 bits per heavy atom. The SMILES string of the molecule is CCC(C)N(CCCN)C1CCCC1. The van der Waals surface area contributed by atoms with Crippen LogP contribution >= 0.6 is 0 Å². The highest BCUT2D eigenvalue weighted by Crippen LogP contribution is 2.25. The Hall–Kier alpha value is -0.0800. The lowest BCUT2D eigenvalue weighted by Gasteiger charge is -2.34. The average Bonchev–Trinajstić information content (AvgIpc) is 2.71. The molecule has 0 aliphatic heterocycles. The third kappa shape index (κ3) is 3.25. The second kappa shape index (κ2) is 6.41. The monoisotopic (exact) mass is 198 g/mol. The Bertz CT molecular complexity index is 141. The molecule has 0 spiro atoms. The number of nitrogens with zero attached hydrogens (tertiary/aromatic N) is 1. The van der Waals surface area contributed by atoms with E-state index < -0.39 is 0 Å². The fourth-order valence-corrected chi connectivity index (χ4v) is 2.51. The first-order valence-electron chi connectivity index (χ1n) is 6.25. The zero-order valence-electron chi connectivity index (χ0n) is 9.84. The third-order valence-electron chi connectivity index (χ3n) is 3.57. The highest BCUT2D eigenvalue weighted by atomic mass is 15.2. The van der Waals surface area contributed by atoms with Gasteiger partial charge >= 0.3 is 0 Å². The molecule has 84 valence electrons. The zero-order chi connectivity index (χ0) is 10.4. The van der Waals surface area contributed by atoms with Crippen molar-refractivity contribution in [3.63, 3.8) is 0 Å². The largest absolute Gasteiger partial charge is 0.330 e. The molecule has 2 N–H and O–H groups in total. The minimum atomic E-state index is 0.740. The summed E-state index contributed by atoms with van der Waals surface area (Å²) in [7, 11) is 0. The molecule has 1 saturated carbocycles. The molecular weight excluding hydrogens is 172 g/mol. The number of nitrogens with two attached hydrogens (primary N) is 1. The summed E-state index contributed by atoms with van der Waals surface area (Å²) in [5, 5.41) is 0. The molecule has 0 aromatic carbocycles. The van der Waals surface area contributed by atoms with Crippen molar-refractivity contribution in [3.8, 4) is 0 Å². The maximum atomic E-state index is 5.59. The molecule has 0 radical (unpaired) electrons. The van der Waals surface area contributed by atoms with Crippen molar-refractivity contribution >= 4 is 0 Å². The van der Waals surface area contributed by atoms with Crippen LogP contribution in [0.4, 0.5) is 0 Å². The summed E-state index contributed by atoms with van der Waals surface area (Å²) < 4.78 is 0. The first-order chi connectivity index (χ1) is 6.79. The van der Waals surface area contributed by atoms with Crippen LogP contribution in [-0.4, -0.2) is 30.1 Å². The normalized spacial score (nSPS) is 20.6. The topological polar surface area (TPSA) is 29.3 Å². The lowest BCUT2D eigenvalue weighted by atomic mass is 10.1. The Kier molecular flexibility index (Phi) is 5.49. The summed E-state index contributed by atoms with van der Waals surface area (Å²) in [6.07, 6.45) is 8.10. The van der Waals surface area contributed by atoms with Gasteiger partial charge < -0.3 is 5.73 Å². The van der Waals surface area contributed by atoms with Gasteiger partial charge in [-0.25, -0.2) is 0 Å². The van der Waals surface area contributed by atoms with Crippen molar-refractivity contribution in [2.24, 2.45) is 5.73 Å². The van der Waals surface area contributed by atoms with Gasteiger partial charge in [0.2, 0.25) is 0 Å². The van der Waals surface area contributed by atoms with E-state index in [-0.39, 0.29) is 0 Å². The summed E-state index contributed by atoms with van der Waals surface area (Å²) in [5.41, 5.74) is 5.59. The van der Waals surface area contributed by atoms with Crippen molar-refractivity contribution in [1.29, 1.82) is 0 Å². The van der Waals surface area contributed by atoms with Crippen LogP contribution in [0.15, 0.2) is 0 Å². The van der Waals surface area contributed by atoms with Gasteiger partial charge in [-0.3, -0.25) is 4.90 Å². The second-order valence-corrected chi connectivity index (χ2v) is 4.58. The molecule has 1 atom stereocenters. The van der Waals surface area contributed by atoms with Crippen LogP contribution in [0.1, 0.15) is 52.4 Å². The Balaban J connectivity index is 2.42. The molecule has 0 amide bonds. The highest BCUT2D eigenvalue weighted by molar-refractivity contribution is 4.80. The molecule has 1 rings (SSSR count). The molecule has 0 heterocycles. The molecule has 2 heteroatoms. The molecule has 0 saturated heterocycles. The summed E-state index contributed by atoms with van der Waals surface area (Å²) in [6.45, 7) is 6.68. The minimum absolute atomic E-state index is 0.740. The van der Waals surface area contributed by atoms with Crippen molar-refractivity contribution in [1.82, 2.24) is 4.90 Å². The smallest absolute Gasteiger partial charge is 0.00980 e. The van der Waals surface area contributed by atoms with Crippen molar-refractivity contribution in [3.05, 3.63) is 0 Å². The van der Waals surface area contributed by atoms with Gasteiger partial charge in [0.25, 0.3) is 0 Å². The Morgan fingerprint density at radius 2 is 2.00 bits per heavy atom. The van der Waals surface area contributed by atoms with E-state index in [2.05, 4.69) is 18.7 Å². The standard InChI is InChI=1S/C12H26N2/c1-3-11(2)14(10-6-9-13)12-7-4-5-8-12/h11-12H,3-10,13H2,1-2H3. The lowest BCUT2D eigenvalue weighted by Crippen LogP contribution is -2.41. The van der Waals surface area contributed by atoms with Gasteiger partial charge in [0.1, 0.15) is 0 Å². The molecule has 0 aromatic rings. The fraction of sp³-hybridized carbons (Fsp3) is 1.00. The maximum Gasteiger partial charge on any atom is 0.00980 e. The minimum Gasteiger partial charge on any atom is -0.330 e. The van der Waals surface area contributed by atoms with E-state index in [1.54, 1.807) is 0 Å². The van der Waals surface area contributed by atoms with Gasteiger partial charge in [0, 0.05) is 12.1 Å². The molecule has 1 aliphatic rings. The van der Waals surface area contributed by atoms with Gasteiger partial charge in [-0.15, -0.1) is 0 Å². The quantitative estimate of drug-likeness (QED) is 0.710. The van der Waals surface area contributed by atoms with E-state index in [1.165, 1.54) is 38.6 Å². The fourth-order valence-electron chi connectivity index (χ4n) is 2.51. The van der Waals surface area contributed by atoms with E-state index in [0.29, 0.717) is 0 Å². The van der Waals surface area contributed by atoms with Crippen LogP contribution in [0.25, 0.3) is 0 Å². The second-order valence-electron chi connectivity index (χ2n) is 4.58. The van der Waals surface area contributed by atoms with Gasteiger partial charge in [0.15, 0.2) is 0 Å². The number of hydrogen-bond donors (Lipinski definition) is 1. The summed E-state index contributed by atoms with van der Waals surface area (Å²) in [5.74, 6) is 0. The van der Waals surface area contributed by atoms with Crippen LogP contribution in [0.5, 0.6) is 0 Å². The van der Waals surface area contributed by atoms with E-state index in [1.807, 2.05) is 0 Å². The molecule has 14 heavy (non-hydrogen) atoms. The molecule has 1 fully saturated rings. The lowest BCUT2D eigenvalue weighted by molar-refractivity contribution is 0.140. The van der Waals surface area contributed by atoms with Gasteiger partial charge in [-0.1, -0.05) is 19.8 Å². The molecular formula is C12H26N2. The van der Waals surface area contributed by atoms with E-state index >= 15 is 0 Å². The molecule has 1 aliphatic carbocycles. The van der Waals surface area contributed by atoms with Gasteiger partial charge in [0.05, 0.1) is 0 Å². The summed E-state index contributed by atoms with van der Waals surface area (Å²) in [6, 6.07) is 1.60. The Labute approximate surface area is 88.8 Å². The Morgan fingerprint density at radius 3 is 2.50 bits per heavy atom. The number of rotatable bonds is 6. The highest BCUT2D eigenvalue weighted by Gasteiger charge is 2.24. The first kappa shape index (κ1) is 12.0. The molecule has 0 aromatic heterocycles. The van der Waals surface area contributed by atoms with E-state index in [0.717, 1.165) is 25.0 Å². The van der Waals surface area contributed by atoms with Crippen LogP contribution in [0.2, 0.25) is 0 Å². The maximum absolute atomic E-state index is 5.59. The average molecular weight is 198 g/mol. The summed E-state index contributed by atoms with van der Waals surface area (Å²) >= 11 is 0. The van der Waals surface area contributed by atoms with Crippen LogP contribution in [-0.2, 0) is 0 Å².